The van der Waals surface area contributed by atoms with Crippen LogP contribution >= 0.6 is 0 Å². The molecule has 0 aromatic carbocycles. The van der Waals surface area contributed by atoms with Crippen molar-refractivity contribution in [2.24, 2.45) is 5.92 Å². The van der Waals surface area contributed by atoms with Crippen LogP contribution in [0.1, 0.15) is 26.2 Å². The van der Waals surface area contributed by atoms with Crippen molar-refractivity contribution in [2.75, 3.05) is 13.6 Å². The molecule has 0 heterocycles. The molecule has 0 spiro atoms. The number of hydrogen-bond acceptors (Lipinski definition) is 2. The molecule has 1 saturated carbocycles. The summed E-state index contributed by atoms with van der Waals surface area (Å²) in [5.41, 5.74) is 0. The van der Waals surface area contributed by atoms with Gasteiger partial charge in [0.25, 0.3) is 0 Å². The van der Waals surface area contributed by atoms with Crippen molar-refractivity contribution >= 4 is 5.97 Å². The number of aliphatic carboxylic acids is 1. The molecule has 1 unspecified atom stereocenters. The normalized spacial score (nSPS) is 19.6. The average Bonchev–Trinajstić information content (AvgIpc) is 2.70. The van der Waals surface area contributed by atoms with Crippen LogP contribution in [0.4, 0.5) is 0 Å². The maximum atomic E-state index is 10.4. The molecule has 3 nitrogen and oxygen atoms in total. The highest BCUT2D eigenvalue weighted by Crippen LogP contribution is 2.29. The molecule has 12 heavy (non-hydrogen) atoms. The number of nitrogens with zero attached hydrogens (tertiary/aromatic N) is 1. The molecule has 0 aromatic heterocycles. The summed E-state index contributed by atoms with van der Waals surface area (Å²) in [4.78, 5) is 12.5. The lowest BCUT2D eigenvalue weighted by Crippen LogP contribution is -2.32. The van der Waals surface area contributed by atoms with Gasteiger partial charge in [0.05, 0.1) is 6.42 Å². The van der Waals surface area contributed by atoms with E-state index >= 15 is 0 Å². The van der Waals surface area contributed by atoms with E-state index in [0.29, 0.717) is 0 Å². The summed E-state index contributed by atoms with van der Waals surface area (Å²) in [6, 6.07) is 0.170. The molecule has 0 aromatic rings. The van der Waals surface area contributed by atoms with Gasteiger partial charge in [0.15, 0.2) is 0 Å². The second kappa shape index (κ2) is 3.90. The highest BCUT2D eigenvalue weighted by molar-refractivity contribution is 5.67. The number of carbonyl (C=O) groups is 1. The van der Waals surface area contributed by atoms with Crippen LogP contribution in [0.25, 0.3) is 0 Å². The molecular weight excluding hydrogens is 154 g/mol. The predicted molar refractivity (Wildman–Crippen MR) is 47.1 cm³/mol. The summed E-state index contributed by atoms with van der Waals surface area (Å²) in [5, 5.41) is 8.56. The molecule has 0 amide bonds. The monoisotopic (exact) mass is 171 g/mol. The van der Waals surface area contributed by atoms with Crippen molar-refractivity contribution in [3.63, 3.8) is 0 Å². The van der Waals surface area contributed by atoms with E-state index in [1.54, 1.807) is 0 Å². The van der Waals surface area contributed by atoms with E-state index in [2.05, 4.69) is 4.90 Å². The van der Waals surface area contributed by atoms with Crippen molar-refractivity contribution in [2.45, 2.75) is 32.2 Å². The summed E-state index contributed by atoms with van der Waals surface area (Å²) < 4.78 is 0. The number of hydrogen-bond donors (Lipinski definition) is 1. The van der Waals surface area contributed by atoms with Gasteiger partial charge in [-0.05, 0) is 32.7 Å². The van der Waals surface area contributed by atoms with Crippen molar-refractivity contribution in [1.29, 1.82) is 0 Å². The smallest absolute Gasteiger partial charge is 0.304 e. The van der Waals surface area contributed by atoms with Crippen LogP contribution in [0.5, 0.6) is 0 Å². The Morgan fingerprint density at radius 1 is 1.67 bits per heavy atom. The zero-order valence-corrected chi connectivity index (χ0v) is 7.79. The van der Waals surface area contributed by atoms with Crippen LogP contribution in [0.3, 0.4) is 0 Å². The van der Waals surface area contributed by atoms with E-state index < -0.39 is 5.97 Å². The van der Waals surface area contributed by atoms with Crippen LogP contribution < -0.4 is 0 Å². The lowest BCUT2D eigenvalue weighted by Gasteiger charge is -2.22. The molecule has 0 aliphatic heterocycles. The molecule has 0 radical (unpaired) electrons. The van der Waals surface area contributed by atoms with E-state index in [9.17, 15) is 4.79 Å². The molecule has 0 saturated heterocycles. The summed E-state index contributed by atoms with van der Waals surface area (Å²) in [5.74, 6) is 0.136. The van der Waals surface area contributed by atoms with Gasteiger partial charge >= 0.3 is 5.97 Å². The zero-order chi connectivity index (χ0) is 9.14. The maximum absolute atomic E-state index is 10.4. The van der Waals surface area contributed by atoms with E-state index in [-0.39, 0.29) is 12.5 Å². The van der Waals surface area contributed by atoms with Gasteiger partial charge in [-0.25, -0.2) is 0 Å². The van der Waals surface area contributed by atoms with Crippen molar-refractivity contribution in [1.82, 2.24) is 4.90 Å². The number of carboxylic acids is 1. The summed E-state index contributed by atoms with van der Waals surface area (Å²) in [7, 11) is 2.01. The Morgan fingerprint density at radius 3 is 2.67 bits per heavy atom. The average molecular weight is 171 g/mol. The van der Waals surface area contributed by atoms with Crippen molar-refractivity contribution in [3.05, 3.63) is 0 Å². The van der Waals surface area contributed by atoms with Crippen molar-refractivity contribution < 1.29 is 9.90 Å². The fraction of sp³-hybridized carbons (Fsp3) is 0.889. The Kier molecular flexibility index (Phi) is 3.09. The molecule has 1 atom stereocenters. The minimum absolute atomic E-state index is 0.170. The van der Waals surface area contributed by atoms with Gasteiger partial charge in [-0.1, -0.05) is 0 Å². The minimum atomic E-state index is -0.704. The second-order valence-corrected chi connectivity index (χ2v) is 3.83. The third-order valence-corrected chi connectivity index (χ3v) is 2.47. The topological polar surface area (TPSA) is 40.5 Å². The standard InChI is InChI=1S/C9H17NO2/c1-7(5-9(11)12)10(2)6-8-3-4-8/h7-8H,3-6H2,1-2H3,(H,11,12). The lowest BCUT2D eigenvalue weighted by atomic mass is 10.2. The van der Waals surface area contributed by atoms with Gasteiger partial charge in [-0.3, -0.25) is 4.79 Å². The Labute approximate surface area is 73.4 Å². The Balaban J connectivity index is 2.19. The fourth-order valence-corrected chi connectivity index (χ4v) is 1.30. The van der Waals surface area contributed by atoms with Gasteiger partial charge in [0.1, 0.15) is 0 Å². The summed E-state index contributed by atoms with van der Waals surface area (Å²) in [6.07, 6.45) is 2.90. The van der Waals surface area contributed by atoms with Crippen LogP contribution in [0.2, 0.25) is 0 Å². The quantitative estimate of drug-likeness (QED) is 0.675. The van der Waals surface area contributed by atoms with Gasteiger partial charge in [-0.15, -0.1) is 0 Å². The summed E-state index contributed by atoms with van der Waals surface area (Å²) >= 11 is 0. The SMILES string of the molecule is CC(CC(=O)O)N(C)CC1CC1. The second-order valence-electron chi connectivity index (χ2n) is 3.83. The van der Waals surface area contributed by atoms with Crippen molar-refractivity contribution in [3.8, 4) is 0 Å². The third-order valence-electron chi connectivity index (χ3n) is 2.47. The summed E-state index contributed by atoms with van der Waals surface area (Å²) in [6.45, 7) is 3.03. The highest BCUT2D eigenvalue weighted by atomic mass is 16.4. The molecule has 0 bridgehead atoms. The van der Waals surface area contributed by atoms with Crippen LogP contribution in [-0.4, -0.2) is 35.6 Å². The molecule has 70 valence electrons. The predicted octanol–water partition coefficient (Wildman–Crippen LogP) is 1.19. The largest absolute Gasteiger partial charge is 0.481 e. The van der Waals surface area contributed by atoms with E-state index in [1.165, 1.54) is 12.8 Å². The van der Waals surface area contributed by atoms with Crippen LogP contribution in [0.15, 0.2) is 0 Å². The maximum Gasteiger partial charge on any atom is 0.304 e. The lowest BCUT2D eigenvalue weighted by molar-refractivity contribution is -0.138. The minimum Gasteiger partial charge on any atom is -0.481 e. The molecule has 1 N–H and O–H groups in total. The molecule has 1 rings (SSSR count). The molecule has 3 heteroatoms. The van der Waals surface area contributed by atoms with Gasteiger partial charge in [0.2, 0.25) is 0 Å². The third kappa shape index (κ3) is 3.22. The zero-order valence-electron chi connectivity index (χ0n) is 7.79. The molecular formula is C9H17NO2. The van der Waals surface area contributed by atoms with Crippen LogP contribution in [-0.2, 0) is 4.79 Å². The number of carboxylic acid groups (broad SMARTS) is 1. The Morgan fingerprint density at radius 2 is 2.25 bits per heavy atom. The first-order valence-electron chi connectivity index (χ1n) is 4.51. The van der Waals surface area contributed by atoms with Gasteiger partial charge < -0.3 is 10.0 Å². The Bertz CT molecular complexity index is 166. The fourth-order valence-electron chi connectivity index (χ4n) is 1.30. The first kappa shape index (κ1) is 9.52. The molecule has 1 aliphatic carbocycles. The first-order valence-corrected chi connectivity index (χ1v) is 4.51. The first-order chi connectivity index (χ1) is 5.59. The Hall–Kier alpha value is -0.570. The van der Waals surface area contributed by atoms with Crippen LogP contribution in [0, 0.1) is 5.92 Å². The molecule has 1 aliphatic rings. The van der Waals surface area contributed by atoms with Gasteiger partial charge in [0, 0.05) is 12.6 Å². The van der Waals surface area contributed by atoms with E-state index in [1.807, 2.05) is 14.0 Å². The van der Waals surface area contributed by atoms with E-state index in [4.69, 9.17) is 5.11 Å². The molecule has 1 fully saturated rings. The van der Waals surface area contributed by atoms with Gasteiger partial charge in [-0.2, -0.15) is 0 Å². The highest BCUT2D eigenvalue weighted by Gasteiger charge is 2.25. The number of rotatable bonds is 5. The van der Waals surface area contributed by atoms with E-state index in [0.717, 1.165) is 12.5 Å².